The minimum absolute atomic E-state index is 0.218. The Hall–Kier alpha value is -2.54. The highest BCUT2D eigenvalue weighted by Gasteiger charge is 2.14. The maximum Gasteiger partial charge on any atom is 0.338 e. The normalized spacial score (nSPS) is 11.5. The lowest BCUT2D eigenvalue weighted by Crippen LogP contribution is -2.26. The molecule has 0 aromatic heterocycles. The molecule has 0 aliphatic carbocycles. The molecule has 25 heavy (non-hydrogen) atoms. The van der Waals surface area contributed by atoms with Crippen molar-refractivity contribution < 1.29 is 33.6 Å². The first-order valence-corrected chi connectivity index (χ1v) is 7.91. The standard InChI is InChI=1S/C18H24O7/c1-4-22-9-10-23-16-7-5-14(6-8-16)18(21)25-12-15(19)11-24-17(20)13(2)3/h4-8,13,15,19H,1,9-12H2,2-3H3. The zero-order chi connectivity index (χ0) is 18.7. The monoisotopic (exact) mass is 352 g/mol. The van der Waals surface area contributed by atoms with Crippen LogP contribution in [0.25, 0.3) is 0 Å². The molecule has 7 nitrogen and oxygen atoms in total. The van der Waals surface area contributed by atoms with Crippen molar-refractivity contribution in [3.05, 3.63) is 42.7 Å². The SMILES string of the molecule is C=COCCOc1ccc(C(=O)OCC(O)COC(=O)C(C)C)cc1. The van der Waals surface area contributed by atoms with Crippen molar-refractivity contribution in [3.63, 3.8) is 0 Å². The van der Waals surface area contributed by atoms with Crippen LogP contribution in [-0.4, -0.2) is 49.6 Å². The van der Waals surface area contributed by atoms with Crippen LogP contribution in [0.15, 0.2) is 37.1 Å². The molecule has 0 amide bonds. The Labute approximate surface area is 147 Å². The van der Waals surface area contributed by atoms with Crippen LogP contribution in [0.5, 0.6) is 5.75 Å². The summed E-state index contributed by atoms with van der Waals surface area (Å²) in [6.45, 7) is 7.06. The summed E-state index contributed by atoms with van der Waals surface area (Å²) in [7, 11) is 0. The second-order valence-corrected chi connectivity index (χ2v) is 5.45. The molecule has 1 N–H and O–H groups in total. The molecule has 0 aliphatic heterocycles. The van der Waals surface area contributed by atoms with Crippen molar-refractivity contribution >= 4 is 11.9 Å². The fraction of sp³-hybridized carbons (Fsp3) is 0.444. The van der Waals surface area contributed by atoms with Gasteiger partial charge in [-0.25, -0.2) is 4.79 Å². The number of carbonyl (C=O) groups excluding carboxylic acids is 2. The fourth-order valence-corrected chi connectivity index (χ4v) is 1.63. The van der Waals surface area contributed by atoms with Crippen LogP contribution in [0.1, 0.15) is 24.2 Å². The van der Waals surface area contributed by atoms with E-state index < -0.39 is 18.0 Å². The fourth-order valence-electron chi connectivity index (χ4n) is 1.63. The van der Waals surface area contributed by atoms with Gasteiger partial charge < -0.3 is 24.1 Å². The Morgan fingerprint density at radius 2 is 1.76 bits per heavy atom. The highest BCUT2D eigenvalue weighted by molar-refractivity contribution is 5.89. The minimum Gasteiger partial charge on any atom is -0.498 e. The predicted molar refractivity (Wildman–Crippen MR) is 90.2 cm³/mol. The molecule has 1 aromatic carbocycles. The average molecular weight is 352 g/mol. The Balaban J connectivity index is 2.34. The van der Waals surface area contributed by atoms with Crippen LogP contribution in [0, 0.1) is 5.92 Å². The van der Waals surface area contributed by atoms with E-state index in [4.69, 9.17) is 18.9 Å². The van der Waals surface area contributed by atoms with Gasteiger partial charge in [-0.3, -0.25) is 4.79 Å². The zero-order valence-electron chi connectivity index (χ0n) is 14.5. The summed E-state index contributed by atoms with van der Waals surface area (Å²) in [5.74, 6) is -0.695. The number of hydrogen-bond donors (Lipinski definition) is 1. The van der Waals surface area contributed by atoms with Gasteiger partial charge in [-0.2, -0.15) is 0 Å². The van der Waals surface area contributed by atoms with Gasteiger partial charge in [0.05, 0.1) is 17.7 Å². The van der Waals surface area contributed by atoms with Crippen LogP contribution in [0.4, 0.5) is 0 Å². The van der Waals surface area contributed by atoms with Crippen molar-refractivity contribution in [2.75, 3.05) is 26.4 Å². The molecule has 138 valence electrons. The van der Waals surface area contributed by atoms with Crippen molar-refractivity contribution in [2.24, 2.45) is 5.92 Å². The number of esters is 2. The van der Waals surface area contributed by atoms with Gasteiger partial charge in [0, 0.05) is 0 Å². The van der Waals surface area contributed by atoms with Crippen LogP contribution in [-0.2, 0) is 19.0 Å². The van der Waals surface area contributed by atoms with Crippen molar-refractivity contribution in [1.29, 1.82) is 0 Å². The van der Waals surface area contributed by atoms with E-state index in [0.29, 0.717) is 24.5 Å². The van der Waals surface area contributed by atoms with Crippen LogP contribution < -0.4 is 4.74 Å². The molecule has 7 heteroatoms. The first-order valence-electron chi connectivity index (χ1n) is 7.91. The molecule has 0 bridgehead atoms. The number of aliphatic hydroxyl groups excluding tert-OH is 1. The summed E-state index contributed by atoms with van der Waals surface area (Å²) in [4.78, 5) is 23.2. The molecule has 0 fully saturated rings. The summed E-state index contributed by atoms with van der Waals surface area (Å²) in [6.07, 6.45) is 0.264. The summed E-state index contributed by atoms with van der Waals surface area (Å²) < 4.78 is 20.2. The van der Waals surface area contributed by atoms with Gasteiger partial charge in [-0.1, -0.05) is 20.4 Å². The topological polar surface area (TPSA) is 91.3 Å². The smallest absolute Gasteiger partial charge is 0.338 e. The molecule has 1 atom stereocenters. The largest absolute Gasteiger partial charge is 0.498 e. The summed E-state index contributed by atoms with van der Waals surface area (Å²) in [5.41, 5.74) is 0.320. The predicted octanol–water partition coefficient (Wildman–Crippen LogP) is 1.94. The van der Waals surface area contributed by atoms with Crippen LogP contribution >= 0.6 is 0 Å². The molecule has 0 aliphatic rings. The van der Waals surface area contributed by atoms with Gasteiger partial charge in [-0.05, 0) is 24.3 Å². The van der Waals surface area contributed by atoms with Crippen LogP contribution in [0.3, 0.4) is 0 Å². The Morgan fingerprint density at radius 1 is 1.12 bits per heavy atom. The number of benzene rings is 1. The summed E-state index contributed by atoms with van der Waals surface area (Å²) >= 11 is 0. The maximum atomic E-state index is 11.9. The molecular formula is C18H24O7. The molecule has 0 saturated heterocycles. The van der Waals surface area contributed by atoms with E-state index in [1.54, 1.807) is 38.1 Å². The molecule has 0 heterocycles. The second kappa shape index (κ2) is 11.1. The Bertz CT molecular complexity index is 551. The number of rotatable bonds is 11. The lowest BCUT2D eigenvalue weighted by molar-refractivity contribution is -0.151. The molecule has 1 aromatic rings. The van der Waals surface area contributed by atoms with Gasteiger partial charge in [0.25, 0.3) is 0 Å². The van der Waals surface area contributed by atoms with Gasteiger partial charge in [0.1, 0.15) is 38.3 Å². The maximum absolute atomic E-state index is 11.9. The zero-order valence-corrected chi connectivity index (χ0v) is 14.5. The minimum atomic E-state index is -1.07. The van der Waals surface area contributed by atoms with Gasteiger partial charge >= 0.3 is 11.9 Å². The third kappa shape index (κ3) is 8.21. The lowest BCUT2D eigenvalue weighted by atomic mass is 10.2. The molecular weight excluding hydrogens is 328 g/mol. The third-order valence-electron chi connectivity index (χ3n) is 2.97. The van der Waals surface area contributed by atoms with E-state index in [1.165, 1.54) is 6.26 Å². The first-order chi connectivity index (χ1) is 11.9. The molecule has 1 rings (SSSR count). The number of hydrogen-bond acceptors (Lipinski definition) is 7. The van der Waals surface area contributed by atoms with Crippen molar-refractivity contribution in [3.8, 4) is 5.75 Å². The molecule has 0 saturated carbocycles. The second-order valence-electron chi connectivity index (χ2n) is 5.45. The van der Waals surface area contributed by atoms with E-state index >= 15 is 0 Å². The van der Waals surface area contributed by atoms with Crippen LogP contribution in [0.2, 0.25) is 0 Å². The third-order valence-corrected chi connectivity index (χ3v) is 2.97. The quantitative estimate of drug-likeness (QED) is 0.370. The number of aliphatic hydroxyl groups is 1. The first kappa shape index (κ1) is 20.5. The van der Waals surface area contributed by atoms with Gasteiger partial charge in [0.2, 0.25) is 0 Å². The van der Waals surface area contributed by atoms with E-state index in [-0.39, 0.29) is 19.1 Å². The molecule has 1 unspecified atom stereocenters. The number of ether oxygens (including phenoxy) is 4. The van der Waals surface area contributed by atoms with Gasteiger partial charge in [-0.15, -0.1) is 0 Å². The number of carbonyl (C=O) groups is 2. The van der Waals surface area contributed by atoms with Crippen molar-refractivity contribution in [1.82, 2.24) is 0 Å². The highest BCUT2D eigenvalue weighted by Crippen LogP contribution is 2.13. The van der Waals surface area contributed by atoms with E-state index in [0.717, 1.165) is 0 Å². The van der Waals surface area contributed by atoms with Gasteiger partial charge in [0.15, 0.2) is 0 Å². The summed E-state index contributed by atoms with van der Waals surface area (Å²) in [6, 6.07) is 6.37. The Kier molecular flexibility index (Phi) is 9.10. The molecule has 0 radical (unpaired) electrons. The van der Waals surface area contributed by atoms with Crippen molar-refractivity contribution in [2.45, 2.75) is 20.0 Å². The summed E-state index contributed by atoms with van der Waals surface area (Å²) in [5, 5.41) is 9.67. The highest BCUT2D eigenvalue weighted by atomic mass is 16.6. The molecule has 0 spiro atoms. The lowest BCUT2D eigenvalue weighted by Gasteiger charge is -2.13. The van der Waals surface area contributed by atoms with E-state index in [9.17, 15) is 14.7 Å². The van der Waals surface area contributed by atoms with E-state index in [1.807, 2.05) is 0 Å². The Morgan fingerprint density at radius 3 is 2.36 bits per heavy atom. The average Bonchev–Trinajstić information content (AvgIpc) is 2.61. The van der Waals surface area contributed by atoms with E-state index in [2.05, 4.69) is 6.58 Å².